The van der Waals surface area contributed by atoms with E-state index in [2.05, 4.69) is 10.6 Å². The van der Waals surface area contributed by atoms with E-state index in [1.165, 1.54) is 13.2 Å². The smallest absolute Gasteiger partial charge is 0.326 e. The van der Waals surface area contributed by atoms with Gasteiger partial charge in [0.05, 0.1) is 18.4 Å². The molecule has 0 saturated heterocycles. The zero-order valence-electron chi connectivity index (χ0n) is 16.1. The maximum Gasteiger partial charge on any atom is 0.326 e. The Bertz CT molecular complexity index is 848. The van der Waals surface area contributed by atoms with Gasteiger partial charge < -0.3 is 20.5 Å². The topological polar surface area (TPSA) is 105 Å². The number of carbonyl (C=O) groups is 3. The second-order valence-electron chi connectivity index (χ2n) is 6.40. The van der Waals surface area contributed by atoms with Crippen molar-refractivity contribution in [3.8, 4) is 5.75 Å². The lowest BCUT2D eigenvalue weighted by molar-refractivity contribution is -0.140. The molecular formula is C21H24N2O5. The molecule has 2 rings (SSSR count). The lowest BCUT2D eigenvalue weighted by Crippen LogP contribution is -2.45. The average molecular weight is 384 g/mol. The van der Waals surface area contributed by atoms with Crippen LogP contribution in [0.2, 0.25) is 0 Å². The van der Waals surface area contributed by atoms with E-state index < -0.39 is 17.9 Å². The minimum absolute atomic E-state index is 0.193. The van der Waals surface area contributed by atoms with E-state index in [0.717, 1.165) is 0 Å². The first-order chi connectivity index (χ1) is 13.4. The fourth-order valence-corrected chi connectivity index (χ4v) is 2.63. The highest BCUT2D eigenvalue weighted by Gasteiger charge is 2.26. The molecule has 0 aliphatic rings. The third-order valence-electron chi connectivity index (χ3n) is 4.54. The molecule has 2 aromatic carbocycles. The van der Waals surface area contributed by atoms with E-state index in [1.54, 1.807) is 49.4 Å². The minimum atomic E-state index is -1.09. The summed E-state index contributed by atoms with van der Waals surface area (Å²) in [5, 5.41) is 14.6. The van der Waals surface area contributed by atoms with Gasteiger partial charge in [-0.1, -0.05) is 32.4 Å². The second-order valence-corrected chi connectivity index (χ2v) is 6.40. The molecule has 0 heterocycles. The summed E-state index contributed by atoms with van der Waals surface area (Å²) in [4.78, 5) is 36.6. The third kappa shape index (κ3) is 5.09. The monoisotopic (exact) mass is 384 g/mol. The summed E-state index contributed by atoms with van der Waals surface area (Å²) in [6.07, 6.45) is 0.604. The van der Waals surface area contributed by atoms with E-state index in [4.69, 9.17) is 4.74 Å². The van der Waals surface area contributed by atoms with Crippen LogP contribution >= 0.6 is 0 Å². The molecule has 0 bridgehead atoms. The first-order valence-electron chi connectivity index (χ1n) is 8.95. The molecule has 2 atom stereocenters. The van der Waals surface area contributed by atoms with Crippen LogP contribution in [0, 0.1) is 5.92 Å². The molecule has 7 nitrogen and oxygen atoms in total. The maximum atomic E-state index is 12.7. The van der Waals surface area contributed by atoms with Gasteiger partial charge in [0, 0.05) is 5.56 Å². The summed E-state index contributed by atoms with van der Waals surface area (Å²) in [5.41, 5.74) is 0.895. The Morgan fingerprint density at radius 3 is 2.25 bits per heavy atom. The lowest BCUT2D eigenvalue weighted by Gasteiger charge is -2.21. The quantitative estimate of drug-likeness (QED) is 0.648. The van der Waals surface area contributed by atoms with Gasteiger partial charge in [0.15, 0.2) is 0 Å². The summed E-state index contributed by atoms with van der Waals surface area (Å²) in [6, 6.07) is 12.0. The van der Waals surface area contributed by atoms with Crippen molar-refractivity contribution in [3.63, 3.8) is 0 Å². The summed E-state index contributed by atoms with van der Waals surface area (Å²) in [6.45, 7) is 3.62. The van der Waals surface area contributed by atoms with Crippen molar-refractivity contribution in [3.05, 3.63) is 59.7 Å². The van der Waals surface area contributed by atoms with E-state index in [1.807, 2.05) is 6.92 Å². The molecule has 2 amide bonds. The van der Waals surface area contributed by atoms with Crippen LogP contribution in [-0.2, 0) is 4.79 Å². The summed E-state index contributed by atoms with van der Waals surface area (Å²) < 4.78 is 5.07. The van der Waals surface area contributed by atoms with Gasteiger partial charge >= 0.3 is 5.97 Å². The van der Waals surface area contributed by atoms with Crippen molar-refractivity contribution < 1.29 is 24.2 Å². The van der Waals surface area contributed by atoms with Crippen LogP contribution in [0.1, 0.15) is 41.0 Å². The number of methoxy groups -OCH3 is 1. The highest BCUT2D eigenvalue weighted by Crippen LogP contribution is 2.19. The standard InChI is InChI=1S/C21H24N2O5/c1-4-13(2)18(21(26)27)23-20(25)16-7-5-6-8-17(16)22-19(24)14-9-11-15(28-3)12-10-14/h5-13,18H,4H2,1-3H3,(H,22,24)(H,23,25)(H,26,27)/t13-,18-/m1/s1. The Balaban J connectivity index is 2.20. The maximum absolute atomic E-state index is 12.7. The van der Waals surface area contributed by atoms with Crippen LogP contribution in [0.25, 0.3) is 0 Å². The first-order valence-corrected chi connectivity index (χ1v) is 8.95. The van der Waals surface area contributed by atoms with Gasteiger partial charge in [0.1, 0.15) is 11.8 Å². The average Bonchev–Trinajstić information content (AvgIpc) is 2.71. The molecule has 2 aromatic rings. The number of carbonyl (C=O) groups excluding carboxylic acids is 2. The molecule has 0 aliphatic heterocycles. The second kappa shape index (κ2) is 9.55. The third-order valence-corrected chi connectivity index (χ3v) is 4.54. The van der Waals surface area contributed by atoms with Crippen LogP contribution in [0.5, 0.6) is 5.75 Å². The van der Waals surface area contributed by atoms with Gasteiger partial charge in [-0.05, 0) is 42.3 Å². The van der Waals surface area contributed by atoms with Crippen LogP contribution in [0.15, 0.2) is 48.5 Å². The number of ether oxygens (including phenoxy) is 1. The fourth-order valence-electron chi connectivity index (χ4n) is 2.63. The Morgan fingerprint density at radius 2 is 1.68 bits per heavy atom. The Hall–Kier alpha value is -3.35. The molecule has 3 N–H and O–H groups in total. The number of rotatable bonds is 8. The van der Waals surface area contributed by atoms with Gasteiger partial charge in [-0.3, -0.25) is 9.59 Å². The number of nitrogens with one attached hydrogen (secondary N) is 2. The van der Waals surface area contributed by atoms with Crippen molar-refractivity contribution in [1.29, 1.82) is 0 Å². The molecule has 7 heteroatoms. The Morgan fingerprint density at radius 1 is 1.04 bits per heavy atom. The zero-order valence-corrected chi connectivity index (χ0v) is 16.1. The molecule has 0 spiro atoms. The minimum Gasteiger partial charge on any atom is -0.497 e. The fraction of sp³-hybridized carbons (Fsp3) is 0.286. The van der Waals surface area contributed by atoms with Crippen molar-refractivity contribution >= 4 is 23.5 Å². The molecule has 0 aromatic heterocycles. The summed E-state index contributed by atoms with van der Waals surface area (Å²) >= 11 is 0. The van der Waals surface area contributed by atoms with Crippen molar-refractivity contribution in [2.24, 2.45) is 5.92 Å². The summed E-state index contributed by atoms with van der Waals surface area (Å²) in [5.74, 6) is -1.65. The van der Waals surface area contributed by atoms with Crippen molar-refractivity contribution in [1.82, 2.24) is 5.32 Å². The van der Waals surface area contributed by atoms with Crippen LogP contribution in [-0.4, -0.2) is 36.0 Å². The van der Waals surface area contributed by atoms with Crippen LogP contribution in [0.3, 0.4) is 0 Å². The van der Waals surface area contributed by atoms with E-state index in [9.17, 15) is 19.5 Å². The molecule has 148 valence electrons. The largest absolute Gasteiger partial charge is 0.497 e. The normalized spacial score (nSPS) is 12.5. The van der Waals surface area contributed by atoms with Crippen LogP contribution in [0.4, 0.5) is 5.69 Å². The van der Waals surface area contributed by atoms with Gasteiger partial charge in [0.25, 0.3) is 11.8 Å². The Kier molecular flexibility index (Phi) is 7.14. The first kappa shape index (κ1) is 21.0. The van der Waals surface area contributed by atoms with E-state index in [0.29, 0.717) is 23.4 Å². The number of amides is 2. The highest BCUT2D eigenvalue weighted by molar-refractivity contribution is 6.09. The van der Waals surface area contributed by atoms with Crippen molar-refractivity contribution in [2.75, 3.05) is 12.4 Å². The molecule has 0 radical (unpaired) electrons. The predicted molar refractivity (Wildman–Crippen MR) is 106 cm³/mol. The number of hydrogen-bond acceptors (Lipinski definition) is 4. The molecule has 0 fully saturated rings. The number of aliphatic carboxylic acids is 1. The predicted octanol–water partition coefficient (Wildman–Crippen LogP) is 3.18. The molecule has 0 aliphatic carbocycles. The van der Waals surface area contributed by atoms with Gasteiger partial charge in [0.2, 0.25) is 0 Å². The number of anilines is 1. The number of benzene rings is 2. The zero-order chi connectivity index (χ0) is 20.7. The van der Waals surface area contributed by atoms with Gasteiger partial charge in [-0.2, -0.15) is 0 Å². The molecule has 0 saturated carbocycles. The van der Waals surface area contributed by atoms with E-state index >= 15 is 0 Å². The molecular weight excluding hydrogens is 360 g/mol. The van der Waals surface area contributed by atoms with Gasteiger partial charge in [-0.15, -0.1) is 0 Å². The molecule has 0 unspecified atom stereocenters. The van der Waals surface area contributed by atoms with Gasteiger partial charge in [-0.25, -0.2) is 4.79 Å². The Labute approximate surface area is 163 Å². The van der Waals surface area contributed by atoms with Crippen LogP contribution < -0.4 is 15.4 Å². The lowest BCUT2D eigenvalue weighted by atomic mass is 9.98. The number of carboxylic acid groups (broad SMARTS) is 1. The summed E-state index contributed by atoms with van der Waals surface area (Å²) in [7, 11) is 1.54. The molecule has 28 heavy (non-hydrogen) atoms. The van der Waals surface area contributed by atoms with Crippen molar-refractivity contribution in [2.45, 2.75) is 26.3 Å². The highest BCUT2D eigenvalue weighted by atomic mass is 16.5. The number of hydrogen-bond donors (Lipinski definition) is 3. The SMILES string of the molecule is CC[C@@H](C)[C@@H](NC(=O)c1ccccc1NC(=O)c1ccc(OC)cc1)C(=O)O. The number of carboxylic acids is 1. The number of para-hydroxylation sites is 1. The van der Waals surface area contributed by atoms with E-state index in [-0.39, 0.29) is 17.4 Å².